The summed E-state index contributed by atoms with van der Waals surface area (Å²) in [6.45, 7) is 0. The highest BCUT2D eigenvalue weighted by molar-refractivity contribution is 9.10. The van der Waals surface area contributed by atoms with Crippen LogP contribution < -0.4 is 0 Å². The van der Waals surface area contributed by atoms with Gasteiger partial charge in [-0.1, -0.05) is 6.07 Å². The van der Waals surface area contributed by atoms with Crippen molar-refractivity contribution in [3.05, 3.63) is 34.1 Å². The van der Waals surface area contributed by atoms with E-state index in [1.54, 1.807) is 11.8 Å². The normalized spacial score (nSPS) is 17.8. The van der Waals surface area contributed by atoms with Gasteiger partial charge < -0.3 is 4.90 Å². The molecule has 1 atom stereocenters. The number of nitrogens with zero attached hydrogens (tertiary/aromatic N) is 1. The highest BCUT2D eigenvalue weighted by atomic mass is 79.9. The summed E-state index contributed by atoms with van der Waals surface area (Å²) < 4.78 is 54.2. The van der Waals surface area contributed by atoms with Crippen LogP contribution in [-0.4, -0.2) is 35.5 Å². The maximum atomic E-state index is 13.6. The molecular formula is C15H16BrF4NOS. The number of benzene rings is 1. The molecular weight excluding hydrogens is 398 g/mol. The molecule has 2 rings (SSSR count). The molecule has 0 bridgehead atoms. The Morgan fingerprint density at radius 1 is 1.35 bits per heavy atom. The average Bonchev–Trinajstić information content (AvgIpc) is 2.49. The summed E-state index contributed by atoms with van der Waals surface area (Å²) in [5, 5.41) is 0. The molecule has 0 spiro atoms. The minimum Gasteiger partial charge on any atom is -0.330 e. The topological polar surface area (TPSA) is 20.3 Å². The van der Waals surface area contributed by atoms with E-state index in [4.69, 9.17) is 0 Å². The van der Waals surface area contributed by atoms with Gasteiger partial charge in [0.15, 0.2) is 6.04 Å². The Balaban J connectivity index is 2.30. The summed E-state index contributed by atoms with van der Waals surface area (Å²) in [5.74, 6) is -0.171. The summed E-state index contributed by atoms with van der Waals surface area (Å²) in [6.07, 6.45) is -3.52. The van der Waals surface area contributed by atoms with E-state index in [2.05, 4.69) is 15.9 Å². The van der Waals surface area contributed by atoms with Gasteiger partial charge in [-0.25, -0.2) is 4.39 Å². The Labute approximate surface area is 144 Å². The molecule has 1 aromatic carbocycles. The molecule has 0 aromatic heterocycles. The fourth-order valence-electron chi connectivity index (χ4n) is 2.67. The van der Waals surface area contributed by atoms with Gasteiger partial charge in [0.05, 0.1) is 4.47 Å². The van der Waals surface area contributed by atoms with Crippen molar-refractivity contribution in [1.82, 2.24) is 4.90 Å². The second-order valence-electron chi connectivity index (χ2n) is 5.45. The number of hydrogen-bond acceptors (Lipinski definition) is 2. The Morgan fingerprint density at radius 2 is 1.96 bits per heavy atom. The molecule has 0 saturated carbocycles. The molecule has 1 aromatic rings. The highest BCUT2D eigenvalue weighted by Crippen LogP contribution is 2.39. The molecule has 1 saturated heterocycles. The Morgan fingerprint density at radius 3 is 2.48 bits per heavy atom. The van der Waals surface area contributed by atoms with Gasteiger partial charge in [-0.05, 0) is 58.0 Å². The quantitative estimate of drug-likeness (QED) is 0.663. The molecule has 23 heavy (non-hydrogen) atoms. The third kappa shape index (κ3) is 4.41. The van der Waals surface area contributed by atoms with E-state index >= 15 is 0 Å². The fourth-order valence-corrected chi connectivity index (χ4v) is 4.03. The van der Waals surface area contributed by atoms with Crippen LogP contribution in [0.5, 0.6) is 0 Å². The van der Waals surface area contributed by atoms with Crippen molar-refractivity contribution in [3.8, 4) is 0 Å². The first-order valence-electron chi connectivity index (χ1n) is 7.08. The molecule has 1 aliphatic heterocycles. The van der Waals surface area contributed by atoms with E-state index in [9.17, 15) is 22.4 Å². The summed E-state index contributed by atoms with van der Waals surface area (Å²) in [6, 6.07) is 1.08. The number of halogens is 5. The molecule has 1 aliphatic rings. The van der Waals surface area contributed by atoms with Crippen LogP contribution in [0.3, 0.4) is 0 Å². The minimum absolute atomic E-state index is 0.0838. The van der Waals surface area contributed by atoms with E-state index in [0.29, 0.717) is 17.7 Å². The van der Waals surface area contributed by atoms with Crippen molar-refractivity contribution in [2.24, 2.45) is 5.92 Å². The molecule has 128 valence electrons. The lowest BCUT2D eigenvalue weighted by atomic mass is 9.98. The van der Waals surface area contributed by atoms with Crippen LogP contribution >= 0.6 is 27.7 Å². The van der Waals surface area contributed by atoms with Gasteiger partial charge in [0.25, 0.3) is 0 Å². The first-order valence-corrected chi connectivity index (χ1v) is 9.02. The minimum atomic E-state index is -4.67. The molecule has 1 fully saturated rings. The third-order valence-corrected chi connectivity index (χ3v) is 5.57. The molecule has 1 unspecified atom stereocenters. The molecule has 0 radical (unpaired) electrons. The Kier molecular flexibility index (Phi) is 5.99. The molecule has 0 aliphatic carbocycles. The maximum absolute atomic E-state index is 13.6. The zero-order valence-electron chi connectivity index (χ0n) is 12.4. The van der Waals surface area contributed by atoms with Crippen LogP contribution in [0, 0.1) is 11.7 Å². The first-order chi connectivity index (χ1) is 10.7. The number of rotatable bonds is 3. The van der Waals surface area contributed by atoms with Gasteiger partial charge >= 0.3 is 6.18 Å². The molecule has 2 nitrogen and oxygen atoms in total. The SMILES string of the molecule is CN(C(=O)C1CCSCC1)C(c1ccc(Br)c(F)c1)C(F)(F)F. The number of carbonyl (C=O) groups is 1. The summed E-state index contributed by atoms with van der Waals surface area (Å²) in [7, 11) is 1.14. The van der Waals surface area contributed by atoms with Gasteiger partial charge in [-0.15, -0.1) is 0 Å². The lowest BCUT2D eigenvalue weighted by Crippen LogP contribution is -2.43. The van der Waals surface area contributed by atoms with Gasteiger partial charge in [0.1, 0.15) is 5.82 Å². The predicted octanol–water partition coefficient (Wildman–Crippen LogP) is 4.79. The van der Waals surface area contributed by atoms with E-state index in [0.717, 1.165) is 24.6 Å². The lowest BCUT2D eigenvalue weighted by molar-refractivity contribution is -0.190. The highest BCUT2D eigenvalue weighted by Gasteiger charge is 2.46. The second-order valence-corrected chi connectivity index (χ2v) is 7.53. The largest absolute Gasteiger partial charge is 0.413 e. The predicted molar refractivity (Wildman–Crippen MR) is 85.7 cm³/mol. The van der Waals surface area contributed by atoms with Crippen molar-refractivity contribution >= 4 is 33.6 Å². The first kappa shape index (κ1) is 18.6. The zero-order valence-corrected chi connectivity index (χ0v) is 14.8. The molecule has 1 amide bonds. The number of carbonyl (C=O) groups excluding carboxylic acids is 1. The van der Waals surface area contributed by atoms with Crippen LogP contribution in [0.2, 0.25) is 0 Å². The van der Waals surface area contributed by atoms with Crippen LogP contribution in [0.25, 0.3) is 0 Å². The Bertz CT molecular complexity index is 575. The van der Waals surface area contributed by atoms with E-state index in [-0.39, 0.29) is 10.0 Å². The Hall–Kier alpha value is -0.760. The monoisotopic (exact) mass is 413 g/mol. The average molecular weight is 414 g/mol. The van der Waals surface area contributed by atoms with Crippen LogP contribution in [0.15, 0.2) is 22.7 Å². The summed E-state index contributed by atoms with van der Waals surface area (Å²) in [4.78, 5) is 13.1. The lowest BCUT2D eigenvalue weighted by Gasteiger charge is -2.34. The third-order valence-electron chi connectivity index (χ3n) is 3.87. The number of thioether (sulfide) groups is 1. The fraction of sp³-hybridized carbons (Fsp3) is 0.533. The van der Waals surface area contributed by atoms with Crippen LogP contribution in [-0.2, 0) is 4.79 Å². The molecule has 0 N–H and O–H groups in total. The number of amides is 1. The summed E-state index contributed by atoms with van der Waals surface area (Å²) in [5.41, 5.74) is -0.278. The van der Waals surface area contributed by atoms with Crippen LogP contribution in [0.1, 0.15) is 24.4 Å². The van der Waals surface area contributed by atoms with Gasteiger partial charge in [-0.2, -0.15) is 24.9 Å². The van der Waals surface area contributed by atoms with Crippen molar-refractivity contribution in [3.63, 3.8) is 0 Å². The van der Waals surface area contributed by atoms with Crippen LogP contribution in [0.4, 0.5) is 17.6 Å². The molecule has 8 heteroatoms. The van der Waals surface area contributed by atoms with E-state index < -0.39 is 29.9 Å². The second kappa shape index (κ2) is 7.42. The van der Waals surface area contributed by atoms with Gasteiger partial charge in [0, 0.05) is 13.0 Å². The van der Waals surface area contributed by atoms with Crippen molar-refractivity contribution in [2.45, 2.75) is 25.1 Å². The van der Waals surface area contributed by atoms with Crippen molar-refractivity contribution in [1.29, 1.82) is 0 Å². The smallest absolute Gasteiger partial charge is 0.330 e. The van der Waals surface area contributed by atoms with Gasteiger partial charge in [-0.3, -0.25) is 4.79 Å². The standard InChI is InChI=1S/C15H16BrF4NOS/c1-21(14(22)9-4-6-23-7-5-9)13(15(18,19)20)10-2-3-11(16)12(17)8-10/h2-3,8-9,13H,4-7H2,1H3. The maximum Gasteiger partial charge on any atom is 0.413 e. The van der Waals surface area contributed by atoms with Crippen molar-refractivity contribution in [2.75, 3.05) is 18.6 Å². The summed E-state index contributed by atoms with van der Waals surface area (Å²) >= 11 is 4.61. The van der Waals surface area contributed by atoms with E-state index in [1.165, 1.54) is 12.1 Å². The number of alkyl halides is 3. The van der Waals surface area contributed by atoms with Gasteiger partial charge in [0.2, 0.25) is 5.91 Å². The molecule has 1 heterocycles. The van der Waals surface area contributed by atoms with E-state index in [1.807, 2.05) is 0 Å². The zero-order chi connectivity index (χ0) is 17.2. The number of hydrogen-bond donors (Lipinski definition) is 0. The van der Waals surface area contributed by atoms with Crippen molar-refractivity contribution < 1.29 is 22.4 Å².